The van der Waals surface area contributed by atoms with Crippen LogP contribution in [0.5, 0.6) is 0 Å². The number of nitrogens with zero attached hydrogens (tertiary/aromatic N) is 1. The predicted octanol–water partition coefficient (Wildman–Crippen LogP) is 5.39. The van der Waals surface area contributed by atoms with E-state index in [2.05, 4.69) is 4.72 Å². The van der Waals surface area contributed by atoms with Crippen LogP contribution in [0.4, 0.5) is 11.4 Å². The molecule has 0 unspecified atom stereocenters. The number of nitro benzene ring substituents is 1. The lowest BCUT2D eigenvalue weighted by molar-refractivity contribution is -0.385. The van der Waals surface area contributed by atoms with Gasteiger partial charge in [0.1, 0.15) is 0 Å². The fraction of sp³-hybridized carbons (Fsp3) is 0.429. The summed E-state index contributed by atoms with van der Waals surface area (Å²) >= 11 is 0. The summed E-state index contributed by atoms with van der Waals surface area (Å²) in [6.07, 6.45) is 4.65. The zero-order valence-electron chi connectivity index (χ0n) is 16.7. The van der Waals surface area contributed by atoms with E-state index in [0.717, 1.165) is 31.2 Å². The highest BCUT2D eigenvalue weighted by molar-refractivity contribution is 7.92. The minimum absolute atomic E-state index is 0.00971. The summed E-state index contributed by atoms with van der Waals surface area (Å²) in [6.45, 7) is 5.96. The van der Waals surface area contributed by atoms with Gasteiger partial charge in [-0.2, -0.15) is 0 Å². The quantitative estimate of drug-likeness (QED) is 0.425. The van der Waals surface area contributed by atoms with Crippen LogP contribution < -0.4 is 4.72 Å². The first-order chi connectivity index (χ1) is 13.3. The van der Waals surface area contributed by atoms with Crippen molar-refractivity contribution in [3.8, 4) is 0 Å². The first-order valence-corrected chi connectivity index (χ1v) is 11.2. The Bertz CT molecular complexity index is 893. The van der Waals surface area contributed by atoms with Crippen molar-refractivity contribution in [3.05, 3.63) is 63.2 Å². The van der Waals surface area contributed by atoms with E-state index in [-0.39, 0.29) is 10.6 Å². The van der Waals surface area contributed by atoms with Crippen LogP contribution in [0.3, 0.4) is 0 Å². The second-order valence-corrected chi connectivity index (χ2v) is 8.70. The van der Waals surface area contributed by atoms with Crippen molar-refractivity contribution in [2.75, 3.05) is 4.72 Å². The summed E-state index contributed by atoms with van der Waals surface area (Å²) in [5.74, 6) is 0. The Kier molecular flexibility index (Phi) is 7.57. The number of anilines is 1. The van der Waals surface area contributed by atoms with Crippen LogP contribution >= 0.6 is 0 Å². The molecule has 0 saturated heterocycles. The maximum atomic E-state index is 12.9. The van der Waals surface area contributed by atoms with Gasteiger partial charge < -0.3 is 0 Å². The van der Waals surface area contributed by atoms with Crippen LogP contribution in [0, 0.1) is 17.0 Å². The molecule has 0 fully saturated rings. The monoisotopic (exact) mass is 404 g/mol. The fourth-order valence-electron chi connectivity index (χ4n) is 3.03. The largest absolute Gasteiger partial charge is 0.279 e. The number of aryl methyl sites for hydroxylation is 3. The summed E-state index contributed by atoms with van der Waals surface area (Å²) in [6, 6.07) is 9.64. The summed E-state index contributed by atoms with van der Waals surface area (Å²) in [7, 11) is -3.78. The molecule has 2 rings (SSSR count). The van der Waals surface area contributed by atoms with Crippen LogP contribution in [0.25, 0.3) is 0 Å². The first-order valence-electron chi connectivity index (χ1n) is 9.68. The van der Waals surface area contributed by atoms with Gasteiger partial charge in [-0.15, -0.1) is 0 Å². The molecule has 0 aliphatic rings. The summed E-state index contributed by atoms with van der Waals surface area (Å²) in [5.41, 5.74) is 2.83. The average molecular weight is 405 g/mol. The summed E-state index contributed by atoms with van der Waals surface area (Å²) in [4.78, 5) is 11.1. The fourth-order valence-corrected chi connectivity index (χ4v) is 4.17. The van der Waals surface area contributed by atoms with Gasteiger partial charge in [-0.05, 0) is 55.9 Å². The summed E-state index contributed by atoms with van der Waals surface area (Å²) in [5, 5.41) is 11.4. The van der Waals surface area contributed by atoms with E-state index in [1.165, 1.54) is 12.1 Å². The number of non-ortho nitro benzene ring substituents is 1. The van der Waals surface area contributed by atoms with E-state index in [0.29, 0.717) is 29.7 Å². The van der Waals surface area contributed by atoms with E-state index in [1.807, 2.05) is 20.8 Å². The molecule has 0 aliphatic carbocycles. The molecule has 0 amide bonds. The van der Waals surface area contributed by atoms with Gasteiger partial charge in [-0.1, -0.05) is 44.4 Å². The van der Waals surface area contributed by atoms with Gasteiger partial charge >= 0.3 is 0 Å². The predicted molar refractivity (Wildman–Crippen MR) is 112 cm³/mol. The van der Waals surface area contributed by atoms with Crippen molar-refractivity contribution in [2.24, 2.45) is 0 Å². The summed E-state index contributed by atoms with van der Waals surface area (Å²) < 4.78 is 28.6. The van der Waals surface area contributed by atoms with Gasteiger partial charge in [0.2, 0.25) is 0 Å². The maximum absolute atomic E-state index is 12.9. The van der Waals surface area contributed by atoms with Crippen molar-refractivity contribution < 1.29 is 13.3 Å². The average Bonchev–Trinajstić information content (AvgIpc) is 2.65. The van der Waals surface area contributed by atoms with Gasteiger partial charge in [0, 0.05) is 12.1 Å². The topological polar surface area (TPSA) is 89.3 Å². The maximum Gasteiger partial charge on any atom is 0.270 e. The molecular weight excluding hydrogens is 376 g/mol. The Hall–Kier alpha value is -2.41. The molecule has 152 valence electrons. The van der Waals surface area contributed by atoms with Gasteiger partial charge in [0.25, 0.3) is 15.7 Å². The molecule has 1 N–H and O–H groups in total. The molecule has 6 nitrogen and oxygen atoms in total. The molecule has 0 atom stereocenters. The second kappa shape index (κ2) is 9.68. The Labute approximate surface area is 167 Å². The van der Waals surface area contributed by atoms with E-state index in [9.17, 15) is 18.5 Å². The van der Waals surface area contributed by atoms with E-state index in [4.69, 9.17) is 0 Å². The number of hydrogen-bond acceptors (Lipinski definition) is 4. The second-order valence-electron chi connectivity index (χ2n) is 7.02. The number of benzene rings is 2. The SMILES string of the molecule is CCCCc1cc([N+](=O)[O-])cc(CCCC)c1NS(=O)(=O)c1ccc(C)cc1. The number of sulfonamides is 1. The number of nitro groups is 1. The van der Waals surface area contributed by atoms with Crippen LogP contribution in [-0.4, -0.2) is 13.3 Å². The van der Waals surface area contributed by atoms with Crippen molar-refractivity contribution in [2.45, 2.75) is 64.2 Å². The van der Waals surface area contributed by atoms with Crippen LogP contribution in [0.2, 0.25) is 0 Å². The Morgan fingerprint density at radius 3 is 1.89 bits per heavy atom. The van der Waals surface area contributed by atoms with Crippen molar-refractivity contribution in [3.63, 3.8) is 0 Å². The van der Waals surface area contributed by atoms with E-state index >= 15 is 0 Å². The van der Waals surface area contributed by atoms with Gasteiger partial charge in [0.05, 0.1) is 15.5 Å². The zero-order chi connectivity index (χ0) is 20.7. The van der Waals surface area contributed by atoms with Gasteiger partial charge in [-0.3, -0.25) is 14.8 Å². The molecular formula is C21H28N2O4S. The standard InChI is InChI=1S/C21H28N2O4S/c1-4-6-8-17-14-19(23(24)25)15-18(9-7-5-2)21(17)22-28(26,27)20-12-10-16(3)11-13-20/h10-15,22H,4-9H2,1-3H3. The minimum atomic E-state index is -3.78. The molecule has 0 aromatic heterocycles. The molecule has 0 aliphatic heterocycles. The highest BCUT2D eigenvalue weighted by Gasteiger charge is 2.21. The minimum Gasteiger partial charge on any atom is -0.279 e. The molecule has 28 heavy (non-hydrogen) atoms. The lowest BCUT2D eigenvalue weighted by atomic mass is 9.98. The highest BCUT2D eigenvalue weighted by atomic mass is 32.2. The first kappa shape index (κ1) is 21.9. The number of hydrogen-bond donors (Lipinski definition) is 1. The molecule has 0 radical (unpaired) electrons. The van der Waals surface area contributed by atoms with Crippen molar-refractivity contribution >= 4 is 21.4 Å². The van der Waals surface area contributed by atoms with Crippen molar-refractivity contribution in [1.82, 2.24) is 0 Å². The highest BCUT2D eigenvalue weighted by Crippen LogP contribution is 2.32. The smallest absolute Gasteiger partial charge is 0.270 e. The van der Waals surface area contributed by atoms with Crippen LogP contribution in [0.15, 0.2) is 41.3 Å². The van der Waals surface area contributed by atoms with Gasteiger partial charge in [-0.25, -0.2) is 8.42 Å². The third kappa shape index (κ3) is 5.55. The number of rotatable bonds is 10. The normalized spacial score (nSPS) is 11.4. The van der Waals surface area contributed by atoms with E-state index in [1.54, 1.807) is 24.3 Å². The third-order valence-electron chi connectivity index (χ3n) is 4.66. The zero-order valence-corrected chi connectivity index (χ0v) is 17.5. The molecule has 2 aromatic carbocycles. The molecule has 0 saturated carbocycles. The molecule has 0 heterocycles. The Balaban J connectivity index is 2.54. The van der Waals surface area contributed by atoms with E-state index < -0.39 is 14.9 Å². The lowest BCUT2D eigenvalue weighted by Gasteiger charge is -2.17. The van der Waals surface area contributed by atoms with Gasteiger partial charge in [0.15, 0.2) is 0 Å². The lowest BCUT2D eigenvalue weighted by Crippen LogP contribution is -2.16. The molecule has 2 aromatic rings. The number of nitrogens with one attached hydrogen (secondary N) is 1. The third-order valence-corrected chi connectivity index (χ3v) is 6.03. The molecule has 0 bridgehead atoms. The Morgan fingerprint density at radius 1 is 0.964 bits per heavy atom. The molecule has 7 heteroatoms. The number of unbranched alkanes of at least 4 members (excludes halogenated alkanes) is 2. The van der Waals surface area contributed by atoms with Crippen LogP contribution in [0.1, 0.15) is 56.2 Å². The van der Waals surface area contributed by atoms with Crippen molar-refractivity contribution in [1.29, 1.82) is 0 Å². The molecule has 0 spiro atoms. The Morgan fingerprint density at radius 2 is 1.46 bits per heavy atom. The van der Waals surface area contributed by atoms with Crippen LogP contribution in [-0.2, 0) is 22.9 Å².